The third-order valence-electron chi connectivity index (χ3n) is 6.30. The maximum atomic E-state index is 13.0. The lowest BCUT2D eigenvalue weighted by Crippen LogP contribution is -2.49. The predicted octanol–water partition coefficient (Wildman–Crippen LogP) is 3.21. The Balaban J connectivity index is 1.32. The van der Waals surface area contributed by atoms with Crippen LogP contribution < -0.4 is 10.2 Å². The summed E-state index contributed by atoms with van der Waals surface area (Å²) in [5.41, 5.74) is 3.23. The molecule has 0 aliphatic carbocycles. The average molecular weight is 457 g/mol. The summed E-state index contributed by atoms with van der Waals surface area (Å²) >= 11 is 0. The van der Waals surface area contributed by atoms with Gasteiger partial charge in [0.05, 0.1) is 29.9 Å². The molecule has 0 atom stereocenters. The van der Waals surface area contributed by atoms with Gasteiger partial charge in [0.2, 0.25) is 0 Å². The van der Waals surface area contributed by atoms with Gasteiger partial charge in [-0.3, -0.25) is 14.7 Å². The number of imidazole rings is 1. The number of aromatic nitrogens is 5. The molecule has 1 aliphatic rings. The summed E-state index contributed by atoms with van der Waals surface area (Å²) < 4.78 is 1.94. The normalized spacial score (nSPS) is 14.6. The molecule has 4 aromatic rings. The molecule has 0 saturated carbocycles. The number of nitrogens with zero attached hydrogens (tertiary/aromatic N) is 7. The number of fused-ring (bicyclic) bond motifs is 1. The highest BCUT2D eigenvalue weighted by Crippen LogP contribution is 2.24. The highest BCUT2D eigenvalue weighted by Gasteiger charge is 2.20. The van der Waals surface area contributed by atoms with E-state index in [1.165, 1.54) is 0 Å². The molecule has 1 aliphatic heterocycles. The van der Waals surface area contributed by atoms with Crippen molar-refractivity contribution in [3.8, 4) is 11.3 Å². The molecule has 9 heteroatoms. The Morgan fingerprint density at radius 3 is 2.56 bits per heavy atom. The summed E-state index contributed by atoms with van der Waals surface area (Å²) in [7, 11) is 1.94. The molecular weight excluding hydrogens is 428 g/mol. The lowest BCUT2D eigenvalue weighted by atomic mass is 10.1. The van der Waals surface area contributed by atoms with Crippen molar-refractivity contribution < 1.29 is 4.79 Å². The van der Waals surface area contributed by atoms with Crippen molar-refractivity contribution in [2.45, 2.75) is 19.9 Å². The Morgan fingerprint density at radius 1 is 1.00 bits per heavy atom. The molecule has 1 fully saturated rings. The first-order valence-electron chi connectivity index (χ1n) is 11.5. The number of carbonyl (C=O) groups is 1. The molecule has 5 heterocycles. The van der Waals surface area contributed by atoms with Crippen molar-refractivity contribution in [1.82, 2.24) is 29.4 Å². The highest BCUT2D eigenvalue weighted by molar-refractivity contribution is 6.04. The topological polar surface area (TPSA) is 92.1 Å². The number of rotatable bonds is 5. The highest BCUT2D eigenvalue weighted by atomic mass is 16.1. The van der Waals surface area contributed by atoms with Gasteiger partial charge in [-0.05, 0) is 38.1 Å². The second-order valence-corrected chi connectivity index (χ2v) is 8.85. The van der Waals surface area contributed by atoms with Gasteiger partial charge in [-0.15, -0.1) is 0 Å². The number of pyridine rings is 3. The number of aryl methyl sites for hydroxylation is 1. The Morgan fingerprint density at radius 2 is 1.82 bits per heavy atom. The lowest BCUT2D eigenvalue weighted by Gasteiger charge is -2.37. The van der Waals surface area contributed by atoms with E-state index >= 15 is 0 Å². The molecule has 0 spiro atoms. The molecule has 0 radical (unpaired) electrons. The van der Waals surface area contributed by atoms with E-state index in [1.54, 1.807) is 37.2 Å². The van der Waals surface area contributed by atoms with Crippen LogP contribution in [0.5, 0.6) is 0 Å². The van der Waals surface area contributed by atoms with E-state index in [9.17, 15) is 4.79 Å². The third kappa shape index (κ3) is 4.47. The molecule has 0 bridgehead atoms. The Kier molecular flexibility index (Phi) is 5.93. The molecule has 4 aromatic heterocycles. The monoisotopic (exact) mass is 456 g/mol. The smallest absolute Gasteiger partial charge is 0.257 e. The van der Waals surface area contributed by atoms with Gasteiger partial charge in [-0.2, -0.15) is 0 Å². The Labute approximate surface area is 198 Å². The van der Waals surface area contributed by atoms with Crippen LogP contribution in [0.15, 0.2) is 55.4 Å². The number of carbonyl (C=O) groups excluding carboxylic acids is 1. The summed E-state index contributed by atoms with van der Waals surface area (Å²) in [6, 6.07) is 7.98. The molecule has 0 aromatic carbocycles. The van der Waals surface area contributed by atoms with Crippen molar-refractivity contribution >= 4 is 28.4 Å². The Bertz CT molecular complexity index is 1320. The van der Waals surface area contributed by atoms with Gasteiger partial charge >= 0.3 is 0 Å². The predicted molar refractivity (Wildman–Crippen MR) is 133 cm³/mol. The zero-order chi connectivity index (χ0) is 23.7. The van der Waals surface area contributed by atoms with E-state index < -0.39 is 0 Å². The maximum Gasteiger partial charge on any atom is 0.257 e. The minimum absolute atomic E-state index is 0.216. The summed E-state index contributed by atoms with van der Waals surface area (Å²) in [6.07, 6.45) is 8.72. The molecule has 1 saturated heterocycles. The molecule has 1 amide bonds. The molecule has 5 rings (SSSR count). The number of anilines is 2. The van der Waals surface area contributed by atoms with Crippen LogP contribution in [-0.2, 0) is 7.05 Å². The fraction of sp³-hybridized carbons (Fsp3) is 0.320. The first-order valence-corrected chi connectivity index (χ1v) is 11.5. The van der Waals surface area contributed by atoms with Crippen molar-refractivity contribution in [1.29, 1.82) is 0 Å². The van der Waals surface area contributed by atoms with Crippen molar-refractivity contribution in [2.24, 2.45) is 7.05 Å². The van der Waals surface area contributed by atoms with Crippen molar-refractivity contribution in [2.75, 3.05) is 36.4 Å². The zero-order valence-electron chi connectivity index (χ0n) is 19.6. The summed E-state index contributed by atoms with van der Waals surface area (Å²) in [6.45, 7) is 8.21. The summed E-state index contributed by atoms with van der Waals surface area (Å²) in [5, 5.41) is 3.81. The van der Waals surface area contributed by atoms with Crippen LogP contribution >= 0.6 is 0 Å². The minimum atomic E-state index is -0.216. The van der Waals surface area contributed by atoms with Gasteiger partial charge in [-0.25, -0.2) is 15.0 Å². The number of piperazine rings is 1. The van der Waals surface area contributed by atoms with Gasteiger partial charge in [0.15, 0.2) is 0 Å². The quantitative estimate of drug-likeness (QED) is 0.493. The second-order valence-electron chi connectivity index (χ2n) is 8.85. The standard InChI is InChI=1S/C25H28N8O/c1-17(2)32-6-8-33(9-7-32)24-12-18(4-5-27-24)25(34)30-23-11-19-10-20(13-28-21(19)14-29-23)22-15-26-16-31(22)3/h4-5,10-17H,6-9H2,1-3H3,(H,29,30,34). The fourth-order valence-electron chi connectivity index (χ4n) is 4.26. The minimum Gasteiger partial charge on any atom is -0.354 e. The molecule has 9 nitrogen and oxygen atoms in total. The van der Waals surface area contributed by atoms with Gasteiger partial charge in [0, 0.05) is 68.2 Å². The van der Waals surface area contributed by atoms with Crippen molar-refractivity contribution in [3.05, 3.63) is 60.9 Å². The van der Waals surface area contributed by atoms with Crippen LogP contribution in [0.2, 0.25) is 0 Å². The number of hydrogen-bond donors (Lipinski definition) is 1. The summed E-state index contributed by atoms with van der Waals surface area (Å²) in [5.74, 6) is 1.09. The van der Waals surface area contributed by atoms with Crippen LogP contribution in [0.1, 0.15) is 24.2 Å². The molecular formula is C25H28N8O. The molecule has 0 unspecified atom stereocenters. The van der Waals surface area contributed by atoms with Gasteiger partial charge < -0.3 is 14.8 Å². The van der Waals surface area contributed by atoms with Gasteiger partial charge in [0.1, 0.15) is 11.6 Å². The van der Waals surface area contributed by atoms with E-state index in [1.807, 2.05) is 29.8 Å². The average Bonchev–Trinajstić information content (AvgIpc) is 3.29. The van der Waals surface area contributed by atoms with Gasteiger partial charge in [0.25, 0.3) is 5.91 Å². The Hall–Kier alpha value is -3.85. The van der Waals surface area contributed by atoms with Crippen LogP contribution in [0.4, 0.5) is 11.6 Å². The van der Waals surface area contributed by atoms with E-state index in [4.69, 9.17) is 0 Å². The SMILES string of the molecule is CC(C)N1CCN(c2cc(C(=O)Nc3cc4cc(-c5cncn5C)cnc4cn3)ccn2)CC1. The first kappa shape index (κ1) is 22.0. The zero-order valence-corrected chi connectivity index (χ0v) is 19.6. The van der Waals surface area contributed by atoms with Crippen LogP contribution in [0, 0.1) is 0 Å². The van der Waals surface area contributed by atoms with Crippen molar-refractivity contribution in [3.63, 3.8) is 0 Å². The lowest BCUT2D eigenvalue weighted by molar-refractivity contribution is 0.102. The largest absolute Gasteiger partial charge is 0.354 e. The first-order chi connectivity index (χ1) is 16.5. The molecule has 34 heavy (non-hydrogen) atoms. The van der Waals surface area contributed by atoms with E-state index in [0.29, 0.717) is 17.4 Å². The summed E-state index contributed by atoms with van der Waals surface area (Å²) in [4.78, 5) is 35.2. The maximum absolute atomic E-state index is 13.0. The van der Waals surface area contributed by atoms with Gasteiger partial charge in [-0.1, -0.05) is 0 Å². The molecule has 174 valence electrons. The van der Waals surface area contributed by atoms with Crippen LogP contribution in [0.3, 0.4) is 0 Å². The van der Waals surface area contributed by atoms with E-state index in [2.05, 4.69) is 48.9 Å². The van der Waals surface area contributed by atoms with Crippen LogP contribution in [-0.4, -0.2) is 67.5 Å². The third-order valence-corrected chi connectivity index (χ3v) is 6.30. The number of hydrogen-bond acceptors (Lipinski definition) is 7. The van der Waals surface area contributed by atoms with Crippen LogP contribution in [0.25, 0.3) is 22.2 Å². The fourth-order valence-corrected chi connectivity index (χ4v) is 4.26. The van der Waals surface area contributed by atoms with E-state index in [0.717, 1.165) is 54.2 Å². The second kappa shape index (κ2) is 9.18. The van der Waals surface area contributed by atoms with E-state index in [-0.39, 0.29) is 5.91 Å². The number of amides is 1. The molecule has 1 N–H and O–H groups in total. The number of nitrogens with one attached hydrogen (secondary N) is 1.